The molecule has 0 saturated carbocycles. The summed E-state index contributed by atoms with van der Waals surface area (Å²) < 4.78 is 0. The smallest absolute Gasteiger partial charge is 0.348 e. The van der Waals surface area contributed by atoms with Gasteiger partial charge in [-0.25, -0.2) is 4.79 Å². The molecule has 0 bridgehead atoms. The van der Waals surface area contributed by atoms with Gasteiger partial charge < -0.3 is 9.94 Å². The lowest BCUT2D eigenvalue weighted by Crippen LogP contribution is -2.04. The molecule has 0 heterocycles. The van der Waals surface area contributed by atoms with Crippen molar-refractivity contribution >= 4 is 5.97 Å². The van der Waals surface area contributed by atoms with Gasteiger partial charge in [-0.05, 0) is 6.92 Å². The van der Waals surface area contributed by atoms with Gasteiger partial charge in [0.05, 0.1) is 0 Å². The van der Waals surface area contributed by atoms with Gasteiger partial charge in [-0.3, -0.25) is 0 Å². The topological polar surface area (TPSA) is 72.5 Å². The lowest BCUT2D eigenvalue weighted by Gasteiger charge is -1.81. The Morgan fingerprint density at radius 1 is 1.89 bits per heavy atom. The first-order valence-corrected chi connectivity index (χ1v) is 2.16. The first kappa shape index (κ1) is 11.0. The van der Waals surface area contributed by atoms with Crippen LogP contribution in [0.15, 0.2) is 12.7 Å². The van der Waals surface area contributed by atoms with E-state index < -0.39 is 5.97 Å². The summed E-state index contributed by atoms with van der Waals surface area (Å²) in [6.07, 6.45) is 0.986. The van der Waals surface area contributed by atoms with Gasteiger partial charge in [-0.1, -0.05) is 6.58 Å². The van der Waals surface area contributed by atoms with Crippen LogP contribution < -0.4 is 5.90 Å². The Kier molecular flexibility index (Phi) is 12.4. The number of hydrogen-bond donors (Lipinski definition) is 2. The van der Waals surface area contributed by atoms with E-state index in [4.69, 9.17) is 5.11 Å². The van der Waals surface area contributed by atoms with Crippen LogP contribution >= 0.6 is 0 Å². The Morgan fingerprint density at radius 3 is 2.22 bits per heavy atom. The van der Waals surface area contributed by atoms with Crippen molar-refractivity contribution in [2.45, 2.75) is 0 Å². The van der Waals surface area contributed by atoms with Crippen molar-refractivity contribution in [1.29, 1.82) is 0 Å². The van der Waals surface area contributed by atoms with Crippen LogP contribution in [0.1, 0.15) is 0 Å². The monoisotopic (exact) mass is 132 g/mol. The van der Waals surface area contributed by atoms with Gasteiger partial charge in [0, 0.05) is 12.7 Å². The van der Waals surface area contributed by atoms with Gasteiger partial charge in [0.15, 0.2) is 0 Å². The van der Waals surface area contributed by atoms with E-state index in [0.29, 0.717) is 0 Å². The fraction of sp³-hybridized carbons (Fsp3) is 0.200. The van der Waals surface area contributed by atoms with E-state index >= 15 is 0 Å². The van der Waals surface area contributed by atoms with Crippen LogP contribution in [0.5, 0.6) is 0 Å². The maximum Gasteiger partial charge on any atom is 0.348 e. The summed E-state index contributed by atoms with van der Waals surface area (Å²) in [5.41, 5.74) is 0. The number of carbonyl (C=O) groups excluding carboxylic acids is 1. The second-order valence-corrected chi connectivity index (χ2v) is 0.865. The van der Waals surface area contributed by atoms with Gasteiger partial charge >= 0.3 is 5.97 Å². The number of rotatable bonds is 1. The SMILES string of the molecule is C=CC(=O)ON.[CH2]CO. The maximum absolute atomic E-state index is 9.72. The summed E-state index contributed by atoms with van der Waals surface area (Å²) in [6.45, 7) is 6.12. The van der Waals surface area contributed by atoms with E-state index in [2.05, 4.69) is 24.2 Å². The molecule has 53 valence electrons. The molecule has 0 fully saturated rings. The lowest BCUT2D eigenvalue weighted by atomic mass is 10.7. The average molecular weight is 132 g/mol. The van der Waals surface area contributed by atoms with Crippen LogP contribution in [0.3, 0.4) is 0 Å². The molecule has 0 spiro atoms. The van der Waals surface area contributed by atoms with Crippen molar-refractivity contribution in [3.05, 3.63) is 19.6 Å². The summed E-state index contributed by atoms with van der Waals surface area (Å²) in [7, 11) is 0. The van der Waals surface area contributed by atoms with Crippen LogP contribution in [0.25, 0.3) is 0 Å². The van der Waals surface area contributed by atoms with Gasteiger partial charge in [-0.15, -0.1) is 0 Å². The number of carbonyl (C=O) groups is 1. The lowest BCUT2D eigenvalue weighted by molar-refractivity contribution is -0.138. The number of aliphatic hydroxyl groups excluding tert-OH is 1. The van der Waals surface area contributed by atoms with Crippen molar-refractivity contribution in [3.8, 4) is 0 Å². The molecule has 0 aromatic rings. The highest BCUT2D eigenvalue weighted by Crippen LogP contribution is 1.64. The summed E-state index contributed by atoms with van der Waals surface area (Å²) in [4.78, 5) is 13.4. The Hall–Kier alpha value is -0.870. The maximum atomic E-state index is 9.72. The molecule has 0 saturated heterocycles. The molecule has 4 heteroatoms. The van der Waals surface area contributed by atoms with Crippen molar-refractivity contribution in [3.63, 3.8) is 0 Å². The minimum Gasteiger partial charge on any atom is -0.396 e. The standard InChI is InChI=1S/C3H5NO2.C2H5O/c1-2-3(5)6-4;1-2-3/h2H,1,4H2;3H,1-2H2. The first-order chi connectivity index (χ1) is 4.22. The summed E-state index contributed by atoms with van der Waals surface area (Å²) in [6, 6.07) is 0. The second kappa shape index (κ2) is 10.2. The molecule has 0 aromatic heterocycles. The Morgan fingerprint density at radius 2 is 2.22 bits per heavy atom. The predicted octanol–water partition coefficient (Wildman–Crippen LogP) is -0.598. The van der Waals surface area contributed by atoms with Crippen molar-refractivity contribution < 1.29 is 14.7 Å². The van der Waals surface area contributed by atoms with E-state index in [1.807, 2.05) is 0 Å². The van der Waals surface area contributed by atoms with Crippen LogP contribution in [0.2, 0.25) is 0 Å². The minimum atomic E-state index is -0.616. The molecule has 0 aliphatic heterocycles. The third-order valence-corrected chi connectivity index (χ3v) is 0.283. The fourth-order valence-electron chi connectivity index (χ4n) is 0.0481. The summed E-state index contributed by atoms with van der Waals surface area (Å²) >= 11 is 0. The molecule has 0 aliphatic carbocycles. The van der Waals surface area contributed by atoms with Gasteiger partial charge in [0.2, 0.25) is 0 Å². The van der Waals surface area contributed by atoms with Crippen LogP contribution in [0.4, 0.5) is 0 Å². The third kappa shape index (κ3) is 19.2. The van der Waals surface area contributed by atoms with E-state index in [0.717, 1.165) is 6.08 Å². The molecule has 1 radical (unpaired) electrons. The Labute approximate surface area is 53.9 Å². The zero-order chi connectivity index (χ0) is 7.70. The molecule has 4 nitrogen and oxygen atoms in total. The van der Waals surface area contributed by atoms with E-state index in [-0.39, 0.29) is 6.61 Å². The first-order valence-electron chi connectivity index (χ1n) is 2.16. The quantitative estimate of drug-likeness (QED) is 0.369. The summed E-state index contributed by atoms with van der Waals surface area (Å²) in [5, 5.41) is 7.46. The highest BCUT2D eigenvalue weighted by atomic mass is 16.7. The largest absolute Gasteiger partial charge is 0.396 e. The number of aliphatic hydroxyl groups is 1. The van der Waals surface area contributed by atoms with Crippen LogP contribution in [-0.4, -0.2) is 17.7 Å². The number of hydrogen-bond acceptors (Lipinski definition) is 4. The molecule has 3 N–H and O–H groups in total. The Bertz CT molecular complexity index is 82.3. The molecule has 9 heavy (non-hydrogen) atoms. The zero-order valence-corrected chi connectivity index (χ0v) is 5.04. The van der Waals surface area contributed by atoms with Gasteiger partial charge in [-0.2, -0.15) is 5.90 Å². The summed E-state index contributed by atoms with van der Waals surface area (Å²) in [5.74, 6) is 3.75. The molecule has 0 atom stereocenters. The van der Waals surface area contributed by atoms with E-state index in [1.54, 1.807) is 0 Å². The van der Waals surface area contributed by atoms with E-state index in [9.17, 15) is 4.79 Å². The molecule has 0 amide bonds. The Balaban J connectivity index is 0. The van der Waals surface area contributed by atoms with Gasteiger partial charge in [0.1, 0.15) is 0 Å². The third-order valence-electron chi connectivity index (χ3n) is 0.283. The molecular weight excluding hydrogens is 122 g/mol. The molecule has 0 rings (SSSR count). The number of nitrogens with two attached hydrogens (primary N) is 1. The molecule has 0 aliphatic rings. The highest BCUT2D eigenvalue weighted by Gasteiger charge is 1.83. The zero-order valence-electron chi connectivity index (χ0n) is 5.04. The van der Waals surface area contributed by atoms with Gasteiger partial charge in [0.25, 0.3) is 0 Å². The van der Waals surface area contributed by atoms with E-state index in [1.165, 1.54) is 0 Å². The van der Waals surface area contributed by atoms with Crippen LogP contribution in [0, 0.1) is 6.92 Å². The fourth-order valence-corrected chi connectivity index (χ4v) is 0.0481. The molecule has 0 aromatic carbocycles. The van der Waals surface area contributed by atoms with Crippen molar-refractivity contribution in [2.24, 2.45) is 5.90 Å². The highest BCUT2D eigenvalue weighted by molar-refractivity contribution is 5.80. The average Bonchev–Trinajstić information content (AvgIpc) is 1.88. The van der Waals surface area contributed by atoms with Crippen molar-refractivity contribution in [1.82, 2.24) is 0 Å². The minimum absolute atomic E-state index is 0. The molecule has 0 unspecified atom stereocenters. The normalized spacial score (nSPS) is 6.56. The van der Waals surface area contributed by atoms with Crippen LogP contribution in [-0.2, 0) is 9.63 Å². The van der Waals surface area contributed by atoms with Crippen molar-refractivity contribution in [2.75, 3.05) is 6.61 Å². The second-order valence-electron chi connectivity index (χ2n) is 0.865. The molecular formula is C5H10NO3. The predicted molar refractivity (Wildman–Crippen MR) is 32.9 cm³/mol.